The van der Waals surface area contributed by atoms with Gasteiger partial charge >= 0.3 is 0 Å². The Labute approximate surface area is 199 Å². The zero-order valence-electron chi connectivity index (χ0n) is 20.2. The second kappa shape index (κ2) is 11.6. The molecule has 9 heteroatoms. The van der Waals surface area contributed by atoms with E-state index in [1.807, 2.05) is 0 Å². The summed E-state index contributed by atoms with van der Waals surface area (Å²) in [6.45, 7) is 3.09. The van der Waals surface area contributed by atoms with E-state index in [0.29, 0.717) is 53.9 Å². The first kappa shape index (κ1) is 25.2. The van der Waals surface area contributed by atoms with Crippen molar-refractivity contribution in [2.45, 2.75) is 6.54 Å². The van der Waals surface area contributed by atoms with Crippen molar-refractivity contribution in [1.82, 2.24) is 4.90 Å². The van der Waals surface area contributed by atoms with Crippen molar-refractivity contribution in [3.05, 3.63) is 41.0 Å². The Hall–Kier alpha value is -3.43. The van der Waals surface area contributed by atoms with Crippen molar-refractivity contribution in [1.29, 1.82) is 0 Å². The smallest absolute Gasteiger partial charge is 0.203 e. The van der Waals surface area contributed by atoms with Crippen LogP contribution in [-0.2, 0) is 11.3 Å². The molecule has 0 atom stereocenters. The third-order valence-corrected chi connectivity index (χ3v) is 5.61. The van der Waals surface area contributed by atoms with Gasteiger partial charge in [-0.1, -0.05) is 6.08 Å². The van der Waals surface area contributed by atoms with Gasteiger partial charge in [0.15, 0.2) is 17.3 Å². The number of allylic oxidation sites excluding steroid dienone is 1. The van der Waals surface area contributed by atoms with Crippen molar-refractivity contribution < 1.29 is 38.3 Å². The summed E-state index contributed by atoms with van der Waals surface area (Å²) in [6.07, 6.45) is 2.97. The topological polar surface area (TPSA) is 95.9 Å². The molecule has 0 bridgehead atoms. The summed E-state index contributed by atoms with van der Waals surface area (Å²) in [4.78, 5) is 15.3. The number of ether oxygens (including phenoxy) is 6. The fraction of sp³-hybridized carbons (Fsp3) is 0.400. The molecule has 2 aromatic rings. The average molecular weight is 474 g/mol. The third-order valence-electron chi connectivity index (χ3n) is 5.61. The minimum atomic E-state index is -0.422. The number of hydrogen-bond acceptors (Lipinski definition) is 9. The van der Waals surface area contributed by atoms with Crippen molar-refractivity contribution in [3.8, 4) is 34.5 Å². The summed E-state index contributed by atoms with van der Waals surface area (Å²) in [7, 11) is 7.52. The fourth-order valence-electron chi connectivity index (χ4n) is 3.83. The van der Waals surface area contributed by atoms with Gasteiger partial charge in [0.2, 0.25) is 5.75 Å². The van der Waals surface area contributed by atoms with Crippen molar-refractivity contribution >= 4 is 11.9 Å². The maximum atomic E-state index is 13.2. The lowest BCUT2D eigenvalue weighted by Gasteiger charge is -2.28. The van der Waals surface area contributed by atoms with Gasteiger partial charge < -0.3 is 33.5 Å². The Balaban J connectivity index is 1.97. The zero-order chi connectivity index (χ0) is 24.7. The summed E-state index contributed by atoms with van der Waals surface area (Å²) >= 11 is 0. The van der Waals surface area contributed by atoms with Crippen LogP contribution < -0.4 is 23.7 Å². The molecule has 0 amide bonds. The number of carbonyl (C=O) groups excluding carboxylic acids is 1. The van der Waals surface area contributed by atoms with Gasteiger partial charge in [-0.25, -0.2) is 0 Å². The maximum Gasteiger partial charge on any atom is 0.203 e. The summed E-state index contributed by atoms with van der Waals surface area (Å²) in [5.74, 6) is 1.47. The summed E-state index contributed by atoms with van der Waals surface area (Å²) in [5, 5.41) is 11.1. The van der Waals surface area contributed by atoms with Crippen LogP contribution in [-0.4, -0.2) is 77.6 Å². The number of rotatable bonds is 10. The van der Waals surface area contributed by atoms with Gasteiger partial charge in [-0.2, -0.15) is 0 Å². The second-order valence-corrected chi connectivity index (χ2v) is 7.53. The first-order valence-electron chi connectivity index (χ1n) is 10.8. The van der Waals surface area contributed by atoms with Crippen LogP contribution in [0, 0.1) is 0 Å². The standard InChI is InChI=1S/C25H31NO8/c1-29-19-14-20(30-2)23(24(28)17(19)15-26-8-10-34-11-9-26)18(27)7-6-16-12-21(31-3)25(33-5)22(13-16)32-4/h6-7,12-14,28H,8-11,15H2,1-5H3. The molecular formula is C25H31NO8. The number of benzene rings is 2. The average Bonchev–Trinajstić information content (AvgIpc) is 2.87. The molecule has 34 heavy (non-hydrogen) atoms. The van der Waals surface area contributed by atoms with E-state index in [2.05, 4.69) is 4.90 Å². The van der Waals surface area contributed by atoms with E-state index in [9.17, 15) is 9.90 Å². The predicted molar refractivity (Wildman–Crippen MR) is 127 cm³/mol. The molecule has 1 N–H and O–H groups in total. The van der Waals surface area contributed by atoms with Gasteiger partial charge in [0.25, 0.3) is 0 Å². The van der Waals surface area contributed by atoms with E-state index in [1.165, 1.54) is 41.6 Å². The van der Waals surface area contributed by atoms with Crippen LogP contribution in [0.4, 0.5) is 0 Å². The number of methoxy groups -OCH3 is 5. The highest BCUT2D eigenvalue weighted by Crippen LogP contribution is 2.41. The number of hydrogen-bond donors (Lipinski definition) is 1. The summed E-state index contributed by atoms with van der Waals surface area (Å²) < 4.78 is 32.4. The van der Waals surface area contributed by atoms with E-state index < -0.39 is 5.78 Å². The van der Waals surface area contributed by atoms with Gasteiger partial charge in [0.1, 0.15) is 22.8 Å². The minimum absolute atomic E-state index is 0.0650. The Kier molecular flexibility index (Phi) is 8.61. The molecule has 1 aliphatic rings. The quantitative estimate of drug-likeness (QED) is 0.412. The van der Waals surface area contributed by atoms with Crippen LogP contribution in [0.2, 0.25) is 0 Å². The van der Waals surface area contributed by atoms with Crippen LogP contribution in [0.5, 0.6) is 34.5 Å². The molecule has 1 fully saturated rings. The molecule has 0 radical (unpaired) electrons. The largest absolute Gasteiger partial charge is 0.507 e. The van der Waals surface area contributed by atoms with Crippen molar-refractivity contribution in [3.63, 3.8) is 0 Å². The van der Waals surface area contributed by atoms with Gasteiger partial charge in [-0.15, -0.1) is 0 Å². The molecular weight excluding hydrogens is 442 g/mol. The first-order valence-corrected chi connectivity index (χ1v) is 10.8. The molecule has 0 spiro atoms. The molecule has 9 nitrogen and oxygen atoms in total. The second-order valence-electron chi connectivity index (χ2n) is 7.53. The van der Waals surface area contributed by atoms with Gasteiger partial charge in [0, 0.05) is 25.7 Å². The molecule has 0 aliphatic carbocycles. The Morgan fingerprint density at radius 2 is 1.50 bits per heavy atom. The molecule has 184 valence electrons. The number of phenolic OH excluding ortho intramolecular Hbond substituents is 1. The minimum Gasteiger partial charge on any atom is -0.507 e. The zero-order valence-corrected chi connectivity index (χ0v) is 20.2. The van der Waals surface area contributed by atoms with E-state index in [-0.39, 0.29) is 17.1 Å². The molecule has 0 aromatic heterocycles. The van der Waals surface area contributed by atoms with E-state index >= 15 is 0 Å². The number of ketones is 1. The Morgan fingerprint density at radius 3 is 2.03 bits per heavy atom. The number of aromatic hydroxyl groups is 1. The van der Waals surface area contributed by atoms with Crippen LogP contribution in [0.3, 0.4) is 0 Å². The maximum absolute atomic E-state index is 13.2. The molecule has 0 unspecified atom stereocenters. The molecule has 0 saturated carbocycles. The van der Waals surface area contributed by atoms with Crippen molar-refractivity contribution in [2.24, 2.45) is 0 Å². The number of nitrogens with zero attached hydrogens (tertiary/aromatic N) is 1. The summed E-state index contributed by atoms with van der Waals surface area (Å²) in [5.41, 5.74) is 1.24. The monoisotopic (exact) mass is 473 g/mol. The van der Waals surface area contributed by atoms with Gasteiger partial charge in [0.05, 0.1) is 54.3 Å². The Morgan fingerprint density at radius 1 is 0.912 bits per heavy atom. The highest BCUT2D eigenvalue weighted by Gasteiger charge is 2.25. The van der Waals surface area contributed by atoms with Crippen LogP contribution in [0.1, 0.15) is 21.5 Å². The van der Waals surface area contributed by atoms with E-state index in [0.717, 1.165) is 13.1 Å². The third kappa shape index (κ3) is 5.37. The molecule has 1 aliphatic heterocycles. The van der Waals surface area contributed by atoms with Gasteiger partial charge in [-0.3, -0.25) is 9.69 Å². The lowest BCUT2D eigenvalue weighted by Crippen LogP contribution is -2.35. The molecule has 1 saturated heterocycles. The lowest BCUT2D eigenvalue weighted by atomic mass is 10.0. The number of morpholine rings is 1. The SMILES string of the molecule is COc1cc(OC)c(C(=O)C=Cc2cc(OC)c(OC)c(OC)c2)c(O)c1CN1CCOCC1. The van der Waals surface area contributed by atoms with E-state index in [4.69, 9.17) is 28.4 Å². The Bertz CT molecular complexity index is 1020. The van der Waals surface area contributed by atoms with Crippen LogP contribution >= 0.6 is 0 Å². The molecule has 2 aromatic carbocycles. The van der Waals surface area contributed by atoms with E-state index in [1.54, 1.807) is 24.3 Å². The molecule has 3 rings (SSSR count). The van der Waals surface area contributed by atoms with Crippen LogP contribution in [0.15, 0.2) is 24.3 Å². The van der Waals surface area contributed by atoms with Gasteiger partial charge in [-0.05, 0) is 23.8 Å². The highest BCUT2D eigenvalue weighted by atomic mass is 16.5. The molecule has 1 heterocycles. The highest BCUT2D eigenvalue weighted by molar-refractivity contribution is 6.11. The lowest BCUT2D eigenvalue weighted by molar-refractivity contribution is 0.0335. The normalized spacial score (nSPS) is 14.1. The number of carbonyl (C=O) groups is 1. The van der Waals surface area contributed by atoms with Crippen LogP contribution in [0.25, 0.3) is 6.08 Å². The number of phenols is 1. The summed E-state index contributed by atoms with van der Waals surface area (Å²) in [6, 6.07) is 5.07. The first-order chi connectivity index (χ1) is 16.5. The fourth-order valence-corrected chi connectivity index (χ4v) is 3.83. The predicted octanol–water partition coefficient (Wildman–Crippen LogP) is 3.16. The van der Waals surface area contributed by atoms with Crippen molar-refractivity contribution in [2.75, 3.05) is 61.9 Å².